The van der Waals surface area contributed by atoms with Crippen LogP contribution < -0.4 is 5.32 Å². The van der Waals surface area contributed by atoms with Gasteiger partial charge in [-0.2, -0.15) is 0 Å². The van der Waals surface area contributed by atoms with Crippen LogP contribution in [-0.4, -0.2) is 17.2 Å². The highest BCUT2D eigenvalue weighted by molar-refractivity contribution is 6.30. The van der Waals surface area contributed by atoms with E-state index in [-0.39, 0.29) is 6.04 Å². The monoisotopic (exact) mass is 237 g/mol. The van der Waals surface area contributed by atoms with E-state index in [0.29, 0.717) is 16.8 Å². The molecule has 2 aromatic rings. The van der Waals surface area contributed by atoms with Crippen molar-refractivity contribution in [3.8, 4) is 11.5 Å². The average Bonchev–Trinajstić information content (AvgIpc) is 2.77. The molecule has 0 spiro atoms. The number of halogens is 1. The molecule has 1 unspecified atom stereocenters. The lowest BCUT2D eigenvalue weighted by Gasteiger charge is -2.02. The molecule has 1 N–H and O–H groups in total. The first kappa shape index (κ1) is 11.1. The standard InChI is InChI=1S/C11H12ClN3O/c1-7(13-2)10-14-15-11(16-10)8-4-3-5-9(12)6-8/h3-7,13H,1-2H3. The lowest BCUT2D eigenvalue weighted by molar-refractivity contribution is 0.441. The summed E-state index contributed by atoms with van der Waals surface area (Å²) < 4.78 is 5.53. The molecule has 0 aliphatic heterocycles. The SMILES string of the molecule is CNC(C)c1nnc(-c2cccc(Cl)c2)o1. The molecule has 1 aromatic heterocycles. The molecule has 0 fully saturated rings. The van der Waals surface area contributed by atoms with Crippen LogP contribution in [0.4, 0.5) is 0 Å². The van der Waals surface area contributed by atoms with Crippen molar-refractivity contribution in [2.45, 2.75) is 13.0 Å². The first-order valence-corrected chi connectivity index (χ1v) is 5.35. The minimum Gasteiger partial charge on any atom is -0.419 e. The number of nitrogens with one attached hydrogen (secondary N) is 1. The Hall–Kier alpha value is -1.39. The molecule has 16 heavy (non-hydrogen) atoms. The molecule has 84 valence electrons. The summed E-state index contributed by atoms with van der Waals surface area (Å²) in [4.78, 5) is 0. The maximum absolute atomic E-state index is 5.89. The van der Waals surface area contributed by atoms with Crippen molar-refractivity contribution in [2.75, 3.05) is 7.05 Å². The zero-order valence-corrected chi connectivity index (χ0v) is 9.82. The fourth-order valence-electron chi connectivity index (χ4n) is 1.27. The van der Waals surface area contributed by atoms with Crippen LogP contribution in [0.15, 0.2) is 28.7 Å². The van der Waals surface area contributed by atoms with Crippen molar-refractivity contribution in [3.05, 3.63) is 35.2 Å². The minimum absolute atomic E-state index is 0.0421. The molecule has 2 rings (SSSR count). The zero-order chi connectivity index (χ0) is 11.5. The van der Waals surface area contributed by atoms with Crippen LogP contribution in [-0.2, 0) is 0 Å². The van der Waals surface area contributed by atoms with E-state index in [0.717, 1.165) is 5.56 Å². The molecule has 4 nitrogen and oxygen atoms in total. The Morgan fingerprint density at radius 3 is 2.88 bits per heavy atom. The Morgan fingerprint density at radius 1 is 1.38 bits per heavy atom. The van der Waals surface area contributed by atoms with Gasteiger partial charge in [0.25, 0.3) is 0 Å². The molecule has 0 radical (unpaired) electrons. The van der Waals surface area contributed by atoms with E-state index in [4.69, 9.17) is 16.0 Å². The van der Waals surface area contributed by atoms with E-state index in [1.54, 1.807) is 12.1 Å². The third-order valence-corrected chi connectivity index (χ3v) is 2.55. The van der Waals surface area contributed by atoms with Gasteiger partial charge in [0, 0.05) is 10.6 Å². The summed E-state index contributed by atoms with van der Waals surface area (Å²) in [6, 6.07) is 7.37. The normalized spacial score (nSPS) is 12.7. The summed E-state index contributed by atoms with van der Waals surface area (Å²) in [5, 5.41) is 11.6. The van der Waals surface area contributed by atoms with E-state index >= 15 is 0 Å². The summed E-state index contributed by atoms with van der Waals surface area (Å²) in [6.45, 7) is 1.95. The highest BCUT2D eigenvalue weighted by atomic mass is 35.5. The van der Waals surface area contributed by atoms with Crippen LogP contribution >= 0.6 is 11.6 Å². The maximum Gasteiger partial charge on any atom is 0.247 e. The zero-order valence-electron chi connectivity index (χ0n) is 9.07. The first-order chi connectivity index (χ1) is 7.70. The van der Waals surface area contributed by atoms with Crippen LogP contribution in [0.2, 0.25) is 5.02 Å². The number of benzene rings is 1. The van der Waals surface area contributed by atoms with Gasteiger partial charge >= 0.3 is 0 Å². The average molecular weight is 238 g/mol. The van der Waals surface area contributed by atoms with Gasteiger partial charge in [0.05, 0.1) is 6.04 Å². The summed E-state index contributed by atoms with van der Waals surface area (Å²) in [6.07, 6.45) is 0. The second-order valence-electron chi connectivity index (χ2n) is 3.47. The molecule has 1 heterocycles. The fourth-order valence-corrected chi connectivity index (χ4v) is 1.46. The number of hydrogen-bond acceptors (Lipinski definition) is 4. The molecule has 5 heteroatoms. The molecule has 0 aliphatic carbocycles. The van der Waals surface area contributed by atoms with Gasteiger partial charge in [-0.3, -0.25) is 0 Å². The Kier molecular flexibility index (Phi) is 3.22. The summed E-state index contributed by atoms with van der Waals surface area (Å²) in [5.41, 5.74) is 0.828. The Balaban J connectivity index is 2.31. The number of hydrogen-bond donors (Lipinski definition) is 1. The maximum atomic E-state index is 5.89. The smallest absolute Gasteiger partial charge is 0.247 e. The van der Waals surface area contributed by atoms with Crippen molar-refractivity contribution in [2.24, 2.45) is 0 Å². The lowest BCUT2D eigenvalue weighted by atomic mass is 10.2. The third kappa shape index (κ3) is 2.23. The predicted molar refractivity (Wildman–Crippen MR) is 62.2 cm³/mol. The second-order valence-corrected chi connectivity index (χ2v) is 3.90. The Bertz CT molecular complexity index is 484. The van der Waals surface area contributed by atoms with Gasteiger partial charge in [0.15, 0.2) is 0 Å². The summed E-state index contributed by atoms with van der Waals surface area (Å²) >= 11 is 5.89. The van der Waals surface area contributed by atoms with Gasteiger partial charge in [-0.1, -0.05) is 17.7 Å². The van der Waals surface area contributed by atoms with E-state index in [1.807, 2.05) is 26.1 Å². The van der Waals surface area contributed by atoms with Crippen LogP contribution in [0.3, 0.4) is 0 Å². The predicted octanol–water partition coefficient (Wildman–Crippen LogP) is 2.67. The highest BCUT2D eigenvalue weighted by Crippen LogP contribution is 2.22. The van der Waals surface area contributed by atoms with Crippen LogP contribution in [0.25, 0.3) is 11.5 Å². The fraction of sp³-hybridized carbons (Fsp3) is 0.273. The van der Waals surface area contributed by atoms with E-state index in [9.17, 15) is 0 Å². The van der Waals surface area contributed by atoms with E-state index < -0.39 is 0 Å². The second kappa shape index (κ2) is 4.63. The van der Waals surface area contributed by atoms with Crippen molar-refractivity contribution in [1.29, 1.82) is 0 Å². The number of rotatable bonds is 3. The molecular weight excluding hydrogens is 226 g/mol. The Morgan fingerprint density at radius 2 is 2.19 bits per heavy atom. The van der Waals surface area contributed by atoms with E-state index in [1.165, 1.54) is 0 Å². The quantitative estimate of drug-likeness (QED) is 0.892. The van der Waals surface area contributed by atoms with Crippen LogP contribution in [0.5, 0.6) is 0 Å². The van der Waals surface area contributed by atoms with Gasteiger partial charge in [0.1, 0.15) is 0 Å². The molecule has 0 aliphatic rings. The lowest BCUT2D eigenvalue weighted by Crippen LogP contribution is -2.12. The van der Waals surface area contributed by atoms with Gasteiger partial charge < -0.3 is 9.73 Å². The van der Waals surface area contributed by atoms with Gasteiger partial charge in [0.2, 0.25) is 11.8 Å². The summed E-state index contributed by atoms with van der Waals surface area (Å²) in [5.74, 6) is 1.05. The van der Waals surface area contributed by atoms with Crippen molar-refractivity contribution in [3.63, 3.8) is 0 Å². The van der Waals surface area contributed by atoms with Crippen LogP contribution in [0, 0.1) is 0 Å². The van der Waals surface area contributed by atoms with Crippen LogP contribution in [0.1, 0.15) is 18.9 Å². The molecule has 0 saturated heterocycles. The topological polar surface area (TPSA) is 51.0 Å². The molecule has 1 atom stereocenters. The van der Waals surface area contributed by atoms with Gasteiger partial charge in [-0.05, 0) is 32.2 Å². The number of aromatic nitrogens is 2. The largest absolute Gasteiger partial charge is 0.419 e. The molecule has 1 aromatic carbocycles. The molecule has 0 amide bonds. The van der Waals surface area contributed by atoms with Crippen molar-refractivity contribution < 1.29 is 4.42 Å². The number of nitrogens with zero attached hydrogens (tertiary/aromatic N) is 2. The van der Waals surface area contributed by atoms with Crippen molar-refractivity contribution in [1.82, 2.24) is 15.5 Å². The molecule has 0 saturated carbocycles. The summed E-state index contributed by atoms with van der Waals surface area (Å²) in [7, 11) is 1.84. The van der Waals surface area contributed by atoms with E-state index in [2.05, 4.69) is 15.5 Å². The molecule has 0 bridgehead atoms. The molecular formula is C11H12ClN3O. The van der Waals surface area contributed by atoms with Crippen molar-refractivity contribution >= 4 is 11.6 Å². The third-order valence-electron chi connectivity index (χ3n) is 2.32. The Labute approximate surface area is 98.6 Å². The highest BCUT2D eigenvalue weighted by Gasteiger charge is 2.13. The minimum atomic E-state index is 0.0421. The van der Waals surface area contributed by atoms with Gasteiger partial charge in [-0.15, -0.1) is 10.2 Å². The first-order valence-electron chi connectivity index (χ1n) is 4.97. The van der Waals surface area contributed by atoms with Gasteiger partial charge in [-0.25, -0.2) is 0 Å².